The van der Waals surface area contributed by atoms with Crippen molar-refractivity contribution in [3.8, 4) is 11.1 Å². The summed E-state index contributed by atoms with van der Waals surface area (Å²) in [5, 5.41) is 17.9. The van der Waals surface area contributed by atoms with Crippen LogP contribution in [0, 0.1) is 10.8 Å². The molecule has 0 amide bonds. The number of benzene rings is 2. The maximum absolute atomic E-state index is 12.2. The molecule has 9 heteroatoms. The van der Waals surface area contributed by atoms with Gasteiger partial charge < -0.3 is 20.5 Å². The lowest BCUT2D eigenvalue weighted by Gasteiger charge is -2.29. The van der Waals surface area contributed by atoms with Crippen LogP contribution in [0.25, 0.3) is 21.3 Å². The Morgan fingerprint density at radius 1 is 1.22 bits per heavy atom. The minimum Gasteiger partial charge on any atom is -0.478 e. The summed E-state index contributed by atoms with van der Waals surface area (Å²) >= 11 is 1.38. The van der Waals surface area contributed by atoms with Crippen LogP contribution in [0.3, 0.4) is 0 Å². The van der Waals surface area contributed by atoms with E-state index in [9.17, 15) is 14.7 Å². The van der Waals surface area contributed by atoms with Crippen LogP contribution in [0.1, 0.15) is 36.7 Å². The zero-order valence-electron chi connectivity index (χ0n) is 18.4. The van der Waals surface area contributed by atoms with Crippen molar-refractivity contribution in [2.75, 3.05) is 25.1 Å². The number of anilines is 1. The standard InChI is InChI=1S/C23H26N4O4S/c1-5-27(12-23(2,3)21(30)31-4)22-26-18-16(10-15(20(28)29)11-17(18)32-22)13-6-8-14(9-7-13)19(24)25/h6-11H,5,12H2,1-4H3,(H3,24,25)(H,28,29). The molecule has 1 aromatic heterocycles. The van der Waals surface area contributed by atoms with Crippen molar-refractivity contribution in [3.63, 3.8) is 0 Å². The number of amidine groups is 1. The van der Waals surface area contributed by atoms with Crippen LogP contribution in [0.4, 0.5) is 5.13 Å². The first-order chi connectivity index (χ1) is 15.1. The predicted octanol–water partition coefficient (Wildman–Crippen LogP) is 3.97. The van der Waals surface area contributed by atoms with E-state index < -0.39 is 11.4 Å². The van der Waals surface area contributed by atoms with Gasteiger partial charge in [-0.25, -0.2) is 9.78 Å². The molecule has 0 saturated heterocycles. The molecule has 0 bridgehead atoms. The van der Waals surface area contributed by atoms with E-state index in [0.29, 0.717) is 34.9 Å². The normalized spacial score (nSPS) is 11.4. The van der Waals surface area contributed by atoms with Gasteiger partial charge in [0, 0.05) is 24.2 Å². The number of ether oxygens (including phenoxy) is 1. The number of aromatic nitrogens is 1. The van der Waals surface area contributed by atoms with Gasteiger partial charge in [-0.2, -0.15) is 0 Å². The fourth-order valence-corrected chi connectivity index (χ4v) is 4.55. The van der Waals surface area contributed by atoms with Crippen molar-refractivity contribution in [1.82, 2.24) is 4.98 Å². The lowest BCUT2D eigenvalue weighted by Crippen LogP contribution is -2.40. The fraction of sp³-hybridized carbons (Fsp3) is 0.304. The number of carboxylic acid groups (broad SMARTS) is 1. The summed E-state index contributed by atoms with van der Waals surface area (Å²) in [6.45, 7) is 6.64. The molecule has 0 fully saturated rings. The summed E-state index contributed by atoms with van der Waals surface area (Å²) < 4.78 is 5.66. The average Bonchev–Trinajstić information content (AvgIpc) is 3.20. The first kappa shape index (κ1) is 23.2. The van der Waals surface area contributed by atoms with E-state index in [1.807, 2.05) is 25.7 Å². The zero-order valence-corrected chi connectivity index (χ0v) is 19.2. The van der Waals surface area contributed by atoms with Gasteiger partial charge in [0.15, 0.2) is 5.13 Å². The Morgan fingerprint density at radius 2 is 1.88 bits per heavy atom. The van der Waals surface area contributed by atoms with Gasteiger partial charge in [-0.05, 0) is 38.5 Å². The van der Waals surface area contributed by atoms with Gasteiger partial charge in [0.05, 0.1) is 28.3 Å². The molecule has 4 N–H and O–H groups in total. The number of fused-ring (bicyclic) bond motifs is 1. The van der Waals surface area contributed by atoms with Crippen molar-refractivity contribution in [2.45, 2.75) is 20.8 Å². The molecule has 0 aliphatic heterocycles. The van der Waals surface area contributed by atoms with E-state index in [1.165, 1.54) is 18.4 Å². The number of hydrogen-bond donors (Lipinski definition) is 3. The quantitative estimate of drug-likeness (QED) is 0.267. The molecule has 3 rings (SSSR count). The van der Waals surface area contributed by atoms with Crippen molar-refractivity contribution in [3.05, 3.63) is 47.5 Å². The maximum Gasteiger partial charge on any atom is 0.335 e. The highest BCUT2D eigenvalue weighted by molar-refractivity contribution is 7.22. The molecule has 0 atom stereocenters. The SMILES string of the molecule is CCN(CC(C)(C)C(=O)OC)c1nc2c(-c3ccc(C(=N)N)cc3)cc(C(=O)O)cc2s1. The van der Waals surface area contributed by atoms with E-state index in [1.54, 1.807) is 36.4 Å². The van der Waals surface area contributed by atoms with E-state index in [0.717, 1.165) is 10.3 Å². The average molecular weight is 455 g/mol. The van der Waals surface area contributed by atoms with Crippen LogP contribution < -0.4 is 10.6 Å². The number of methoxy groups -OCH3 is 1. The molecular weight excluding hydrogens is 428 g/mol. The number of esters is 1. The number of nitrogens with one attached hydrogen (secondary N) is 1. The Morgan fingerprint density at radius 3 is 2.41 bits per heavy atom. The van der Waals surface area contributed by atoms with E-state index in [4.69, 9.17) is 20.9 Å². The molecule has 0 aliphatic rings. The third-order valence-electron chi connectivity index (χ3n) is 5.21. The van der Waals surface area contributed by atoms with E-state index in [2.05, 4.69) is 0 Å². The van der Waals surface area contributed by atoms with Gasteiger partial charge in [0.1, 0.15) is 5.84 Å². The Kier molecular flexibility index (Phi) is 6.50. The van der Waals surface area contributed by atoms with Gasteiger partial charge >= 0.3 is 11.9 Å². The third kappa shape index (κ3) is 4.57. The lowest BCUT2D eigenvalue weighted by atomic mass is 9.93. The molecule has 168 valence electrons. The highest BCUT2D eigenvalue weighted by Gasteiger charge is 2.32. The number of carbonyl (C=O) groups excluding carboxylic acids is 1. The summed E-state index contributed by atoms with van der Waals surface area (Å²) in [6.07, 6.45) is 0. The second-order valence-electron chi connectivity index (χ2n) is 8.05. The van der Waals surface area contributed by atoms with E-state index >= 15 is 0 Å². The van der Waals surface area contributed by atoms with Crippen molar-refractivity contribution < 1.29 is 19.4 Å². The zero-order chi connectivity index (χ0) is 23.6. The van der Waals surface area contributed by atoms with Crippen LogP contribution in [0.2, 0.25) is 0 Å². The van der Waals surface area contributed by atoms with Crippen LogP contribution in [-0.4, -0.2) is 48.1 Å². The summed E-state index contributed by atoms with van der Waals surface area (Å²) in [5.74, 6) is -1.37. The minimum atomic E-state index is -1.03. The Balaban J connectivity index is 2.12. The molecule has 0 radical (unpaired) electrons. The molecule has 1 heterocycles. The Labute approximate surface area is 190 Å². The lowest BCUT2D eigenvalue weighted by molar-refractivity contribution is -0.150. The number of nitrogen functional groups attached to an aromatic ring is 1. The summed E-state index contributed by atoms with van der Waals surface area (Å²) in [5.41, 5.74) is 7.70. The van der Waals surface area contributed by atoms with E-state index in [-0.39, 0.29) is 17.4 Å². The molecule has 2 aromatic carbocycles. The van der Waals surface area contributed by atoms with Gasteiger partial charge in [0.2, 0.25) is 0 Å². The second-order valence-corrected chi connectivity index (χ2v) is 9.06. The topological polar surface area (TPSA) is 130 Å². The second kappa shape index (κ2) is 8.96. The van der Waals surface area contributed by atoms with Crippen molar-refractivity contribution >= 4 is 44.5 Å². The molecule has 32 heavy (non-hydrogen) atoms. The van der Waals surface area contributed by atoms with Crippen molar-refractivity contribution in [1.29, 1.82) is 5.41 Å². The van der Waals surface area contributed by atoms with Crippen LogP contribution in [0.5, 0.6) is 0 Å². The largest absolute Gasteiger partial charge is 0.478 e. The van der Waals surface area contributed by atoms with Gasteiger partial charge in [-0.15, -0.1) is 0 Å². The van der Waals surface area contributed by atoms with Gasteiger partial charge in [0.25, 0.3) is 0 Å². The number of carbonyl (C=O) groups is 2. The minimum absolute atomic E-state index is 0.0382. The number of nitrogens with zero attached hydrogens (tertiary/aromatic N) is 2. The molecule has 0 aliphatic carbocycles. The first-order valence-corrected chi connectivity index (χ1v) is 10.8. The van der Waals surface area contributed by atoms with Gasteiger partial charge in [-0.1, -0.05) is 35.6 Å². The molecular formula is C23H26N4O4S. The summed E-state index contributed by atoms with van der Waals surface area (Å²) in [6, 6.07) is 10.3. The number of thiazole rings is 1. The van der Waals surface area contributed by atoms with Crippen LogP contribution >= 0.6 is 11.3 Å². The maximum atomic E-state index is 12.2. The highest BCUT2D eigenvalue weighted by Crippen LogP contribution is 2.37. The van der Waals surface area contributed by atoms with Crippen LogP contribution in [-0.2, 0) is 9.53 Å². The van der Waals surface area contributed by atoms with Gasteiger partial charge in [-0.3, -0.25) is 10.2 Å². The molecule has 0 saturated carbocycles. The number of hydrogen-bond acceptors (Lipinski definition) is 7. The highest BCUT2D eigenvalue weighted by atomic mass is 32.1. The number of nitrogens with two attached hydrogens (primary N) is 1. The summed E-state index contributed by atoms with van der Waals surface area (Å²) in [7, 11) is 1.37. The third-order valence-corrected chi connectivity index (χ3v) is 6.28. The summed E-state index contributed by atoms with van der Waals surface area (Å²) in [4.78, 5) is 30.7. The van der Waals surface area contributed by atoms with Crippen molar-refractivity contribution in [2.24, 2.45) is 11.1 Å². The Hall–Kier alpha value is -3.46. The number of aromatic carboxylic acids is 1. The number of carboxylic acids is 1. The Bertz CT molecular complexity index is 1180. The number of rotatable bonds is 8. The fourth-order valence-electron chi connectivity index (χ4n) is 3.46. The molecule has 3 aromatic rings. The van der Waals surface area contributed by atoms with Crippen LogP contribution in [0.15, 0.2) is 36.4 Å². The smallest absolute Gasteiger partial charge is 0.335 e. The molecule has 0 spiro atoms. The molecule has 0 unspecified atom stereocenters. The monoisotopic (exact) mass is 454 g/mol. The first-order valence-electron chi connectivity index (χ1n) is 10.0. The molecule has 8 nitrogen and oxygen atoms in total. The predicted molar refractivity (Wildman–Crippen MR) is 127 cm³/mol.